The van der Waals surface area contributed by atoms with E-state index in [9.17, 15) is 10.1 Å². The van der Waals surface area contributed by atoms with Crippen molar-refractivity contribution in [2.24, 2.45) is 0 Å². The number of amides is 1. The molecule has 0 bridgehead atoms. The molecule has 0 aliphatic heterocycles. The number of nitriles is 1. The van der Waals surface area contributed by atoms with Crippen molar-refractivity contribution < 1.29 is 9.53 Å². The second-order valence-corrected chi connectivity index (χ2v) is 9.37. The van der Waals surface area contributed by atoms with Gasteiger partial charge in [-0.15, -0.1) is 0 Å². The van der Waals surface area contributed by atoms with E-state index in [1.807, 2.05) is 121 Å². The van der Waals surface area contributed by atoms with Crippen LogP contribution in [0.1, 0.15) is 16.7 Å². The summed E-state index contributed by atoms with van der Waals surface area (Å²) in [6, 6.07) is 36.3. The van der Waals surface area contributed by atoms with Gasteiger partial charge in [0.25, 0.3) is 5.91 Å². The molecule has 1 heterocycles. The number of carbonyl (C=O) groups excluding carboxylic acids is 1. The molecule has 4 aromatic carbocycles. The van der Waals surface area contributed by atoms with Crippen LogP contribution in [-0.2, 0) is 17.9 Å². The predicted molar refractivity (Wildman–Crippen MR) is 157 cm³/mol. The molecule has 0 spiro atoms. The summed E-state index contributed by atoms with van der Waals surface area (Å²) in [4.78, 5) is 12.9. The Bertz CT molecular complexity index is 1690. The molecule has 1 N–H and O–H groups in total. The van der Waals surface area contributed by atoms with Crippen molar-refractivity contribution in [3.63, 3.8) is 0 Å². The number of hydrogen-bond acceptors (Lipinski definition) is 4. The number of carbonyl (C=O) groups is 1. The van der Waals surface area contributed by atoms with Gasteiger partial charge in [-0.25, -0.2) is 4.68 Å². The molecule has 1 amide bonds. The van der Waals surface area contributed by atoms with Crippen molar-refractivity contribution in [2.75, 3.05) is 0 Å². The molecule has 0 aliphatic carbocycles. The fourth-order valence-electron chi connectivity index (χ4n) is 4.12. The highest BCUT2D eigenvalue weighted by Crippen LogP contribution is 2.29. The van der Waals surface area contributed by atoms with Crippen molar-refractivity contribution in [3.05, 3.63) is 143 Å². The van der Waals surface area contributed by atoms with Crippen LogP contribution in [0.3, 0.4) is 0 Å². The summed E-state index contributed by atoms with van der Waals surface area (Å²) in [5.41, 5.74) is 4.66. The fourth-order valence-corrected chi connectivity index (χ4v) is 4.31. The van der Waals surface area contributed by atoms with Gasteiger partial charge in [-0.1, -0.05) is 90.5 Å². The van der Waals surface area contributed by atoms with Gasteiger partial charge in [-0.3, -0.25) is 4.79 Å². The number of aromatic nitrogens is 2. The molecule has 0 saturated carbocycles. The molecule has 0 saturated heterocycles. The summed E-state index contributed by atoms with van der Waals surface area (Å²) in [6.07, 6.45) is 3.38. The van der Waals surface area contributed by atoms with Crippen molar-refractivity contribution in [3.8, 4) is 28.8 Å². The third kappa shape index (κ3) is 6.47. The van der Waals surface area contributed by atoms with Crippen LogP contribution in [0.5, 0.6) is 5.75 Å². The summed E-state index contributed by atoms with van der Waals surface area (Å²) in [5.74, 6) is 0.185. The summed E-state index contributed by atoms with van der Waals surface area (Å²) in [6.45, 7) is 0.633. The number of nitrogens with one attached hydrogen (secondary N) is 1. The monoisotopic (exact) mass is 544 g/mol. The number of hydrogen-bond donors (Lipinski definition) is 1. The van der Waals surface area contributed by atoms with Gasteiger partial charge in [0.05, 0.1) is 5.69 Å². The topological polar surface area (TPSA) is 79.9 Å². The predicted octanol–water partition coefficient (Wildman–Crippen LogP) is 7.00. The van der Waals surface area contributed by atoms with Crippen molar-refractivity contribution >= 4 is 23.6 Å². The zero-order valence-corrected chi connectivity index (χ0v) is 22.3. The maximum Gasteiger partial charge on any atom is 0.262 e. The summed E-state index contributed by atoms with van der Waals surface area (Å²) in [5, 5.41) is 18.1. The quantitative estimate of drug-likeness (QED) is 0.160. The zero-order chi connectivity index (χ0) is 27.7. The molecule has 7 heteroatoms. The molecule has 0 radical (unpaired) electrons. The van der Waals surface area contributed by atoms with Gasteiger partial charge in [0.1, 0.15) is 29.7 Å². The van der Waals surface area contributed by atoms with Crippen LogP contribution >= 0.6 is 11.6 Å². The van der Waals surface area contributed by atoms with Gasteiger partial charge in [0.2, 0.25) is 0 Å². The van der Waals surface area contributed by atoms with E-state index in [0.29, 0.717) is 35.2 Å². The Morgan fingerprint density at radius 2 is 1.68 bits per heavy atom. The van der Waals surface area contributed by atoms with Crippen molar-refractivity contribution in [1.29, 1.82) is 5.26 Å². The molecule has 0 unspecified atom stereocenters. The first-order valence-corrected chi connectivity index (χ1v) is 13.0. The van der Waals surface area contributed by atoms with Gasteiger partial charge >= 0.3 is 0 Å². The van der Waals surface area contributed by atoms with E-state index in [2.05, 4.69) is 5.32 Å². The molecule has 196 valence electrons. The van der Waals surface area contributed by atoms with E-state index in [0.717, 1.165) is 22.4 Å². The number of benzene rings is 4. The highest BCUT2D eigenvalue weighted by atomic mass is 35.5. The Morgan fingerprint density at radius 1 is 0.950 bits per heavy atom. The number of halogens is 1. The van der Waals surface area contributed by atoms with Gasteiger partial charge < -0.3 is 10.1 Å². The van der Waals surface area contributed by atoms with Crippen molar-refractivity contribution in [1.82, 2.24) is 15.1 Å². The molecule has 5 aromatic rings. The van der Waals surface area contributed by atoms with E-state index in [4.69, 9.17) is 21.4 Å². The number of para-hydroxylation sites is 1. The summed E-state index contributed by atoms with van der Waals surface area (Å²) < 4.78 is 7.76. The van der Waals surface area contributed by atoms with Gasteiger partial charge in [0, 0.05) is 34.5 Å². The van der Waals surface area contributed by atoms with E-state index < -0.39 is 5.91 Å². The largest absolute Gasteiger partial charge is 0.489 e. The first-order valence-electron chi connectivity index (χ1n) is 12.7. The lowest BCUT2D eigenvalue weighted by atomic mass is 10.1. The Balaban J connectivity index is 1.46. The lowest BCUT2D eigenvalue weighted by Gasteiger charge is -2.09. The maximum absolute atomic E-state index is 12.9. The molecular formula is C33H25ClN4O2. The Hall–Kier alpha value is -5.12. The maximum atomic E-state index is 12.9. The molecule has 5 rings (SSSR count). The Morgan fingerprint density at radius 3 is 2.42 bits per heavy atom. The third-order valence-corrected chi connectivity index (χ3v) is 6.55. The molecule has 1 aromatic heterocycles. The molecule has 6 nitrogen and oxygen atoms in total. The highest BCUT2D eigenvalue weighted by molar-refractivity contribution is 6.31. The van der Waals surface area contributed by atoms with Crippen LogP contribution in [0.25, 0.3) is 23.0 Å². The normalized spacial score (nSPS) is 11.1. The Kier molecular flexibility index (Phi) is 8.35. The van der Waals surface area contributed by atoms with E-state index in [1.165, 1.54) is 0 Å². The molecule has 0 aliphatic rings. The SMILES string of the molecule is N#C/C(=C/c1cn(-c2ccccc2)nc1-c1cccc(OCc2ccccc2Cl)c1)C(=O)NCc1ccccc1. The zero-order valence-electron chi connectivity index (χ0n) is 21.5. The van der Waals surface area contributed by atoms with Crippen LogP contribution in [0.4, 0.5) is 0 Å². The minimum absolute atomic E-state index is 0.0177. The van der Waals surface area contributed by atoms with Gasteiger partial charge in [-0.05, 0) is 42.0 Å². The fraction of sp³-hybridized carbons (Fsp3) is 0.0606. The molecule has 40 heavy (non-hydrogen) atoms. The minimum Gasteiger partial charge on any atom is -0.489 e. The number of nitrogens with zero attached hydrogens (tertiary/aromatic N) is 3. The number of rotatable bonds is 9. The summed E-state index contributed by atoms with van der Waals surface area (Å²) in [7, 11) is 0. The van der Waals surface area contributed by atoms with E-state index in [-0.39, 0.29) is 5.57 Å². The molecule has 0 fully saturated rings. The van der Waals surface area contributed by atoms with Gasteiger partial charge in [0.15, 0.2) is 0 Å². The second-order valence-electron chi connectivity index (χ2n) is 8.96. The Labute approximate surface area is 237 Å². The molecule has 0 atom stereocenters. The lowest BCUT2D eigenvalue weighted by Crippen LogP contribution is -2.23. The highest BCUT2D eigenvalue weighted by Gasteiger charge is 2.16. The third-order valence-electron chi connectivity index (χ3n) is 6.18. The first kappa shape index (κ1) is 26.5. The van der Waals surface area contributed by atoms with Gasteiger partial charge in [-0.2, -0.15) is 10.4 Å². The van der Waals surface area contributed by atoms with Crippen LogP contribution in [0, 0.1) is 11.3 Å². The first-order chi connectivity index (χ1) is 19.6. The van der Waals surface area contributed by atoms with Crippen molar-refractivity contribution in [2.45, 2.75) is 13.2 Å². The van der Waals surface area contributed by atoms with Crippen LogP contribution < -0.4 is 10.1 Å². The standard InChI is InChI=1S/C33H25ClN4O2/c34-31-17-8-7-12-26(31)23-40-30-16-9-13-25(19-30)32-28(22-38(37-32)29-14-5-2-6-15-29)18-27(20-35)33(39)36-21-24-10-3-1-4-11-24/h1-19,22H,21,23H2,(H,36,39)/b27-18-. The smallest absolute Gasteiger partial charge is 0.262 e. The lowest BCUT2D eigenvalue weighted by molar-refractivity contribution is -0.117. The average Bonchev–Trinajstić information content (AvgIpc) is 3.43. The van der Waals surface area contributed by atoms with Crippen LogP contribution in [-0.4, -0.2) is 15.7 Å². The van der Waals surface area contributed by atoms with Crippen LogP contribution in [0.15, 0.2) is 121 Å². The second kappa shape index (κ2) is 12.6. The average molecular weight is 545 g/mol. The van der Waals surface area contributed by atoms with E-state index in [1.54, 1.807) is 10.8 Å². The van der Waals surface area contributed by atoms with Crippen LogP contribution in [0.2, 0.25) is 5.02 Å². The minimum atomic E-state index is -0.457. The molecular weight excluding hydrogens is 520 g/mol. The number of ether oxygens (including phenoxy) is 1. The van der Waals surface area contributed by atoms with E-state index >= 15 is 0 Å². The summed E-state index contributed by atoms with van der Waals surface area (Å²) >= 11 is 6.29.